The topological polar surface area (TPSA) is 105 Å². The van der Waals surface area contributed by atoms with Crippen LogP contribution in [0.25, 0.3) is 0 Å². The van der Waals surface area contributed by atoms with E-state index in [0.717, 1.165) is 6.42 Å². The van der Waals surface area contributed by atoms with Crippen LogP contribution in [0.3, 0.4) is 0 Å². The molecule has 0 saturated carbocycles. The molecule has 0 unspecified atom stereocenters. The van der Waals surface area contributed by atoms with Gasteiger partial charge in [0.15, 0.2) is 5.69 Å². The van der Waals surface area contributed by atoms with Crippen LogP contribution in [0.1, 0.15) is 75.3 Å². The van der Waals surface area contributed by atoms with Gasteiger partial charge in [-0.25, -0.2) is 19.2 Å². The van der Waals surface area contributed by atoms with E-state index in [9.17, 15) is 31.9 Å². The number of ether oxygens (including phenoxy) is 1. The maximum absolute atomic E-state index is 14.0. The molecule has 2 aliphatic rings. The summed E-state index contributed by atoms with van der Waals surface area (Å²) in [5, 5.41) is 2.71. The Kier molecular flexibility index (Phi) is 9.60. The number of halogens is 4. The van der Waals surface area contributed by atoms with Crippen LogP contribution in [0.5, 0.6) is 0 Å². The van der Waals surface area contributed by atoms with Gasteiger partial charge in [0, 0.05) is 44.5 Å². The minimum absolute atomic E-state index is 0.00835. The Morgan fingerprint density at radius 1 is 1.12 bits per heavy atom. The number of hydrogen-bond acceptors (Lipinski definition) is 6. The molecule has 2 atom stereocenters. The number of likely N-dealkylation sites (tertiary alicyclic amines) is 1. The molecule has 0 spiro atoms. The second-order valence-corrected chi connectivity index (χ2v) is 12.3. The number of hydrogen-bond donors (Lipinski definition) is 1. The highest BCUT2D eigenvalue weighted by atomic mass is 19.4. The normalized spacial score (nSPS) is 18.2. The molecule has 3 amide bonds. The highest BCUT2D eigenvalue weighted by molar-refractivity contribution is 5.79. The highest BCUT2D eigenvalue weighted by Crippen LogP contribution is 2.34. The van der Waals surface area contributed by atoms with Crippen LogP contribution >= 0.6 is 0 Å². The second kappa shape index (κ2) is 12.8. The Morgan fingerprint density at radius 2 is 1.81 bits per heavy atom. The maximum Gasteiger partial charge on any atom is 0.433 e. The zero-order valence-electron chi connectivity index (χ0n) is 24.8. The van der Waals surface area contributed by atoms with Crippen molar-refractivity contribution in [3.8, 4) is 0 Å². The zero-order valence-corrected chi connectivity index (χ0v) is 24.8. The fraction of sp³-hybridized carbons (Fsp3) is 0.567. The van der Waals surface area contributed by atoms with Gasteiger partial charge in [0.2, 0.25) is 11.8 Å². The fourth-order valence-electron chi connectivity index (χ4n) is 5.31. The van der Waals surface area contributed by atoms with E-state index in [0.29, 0.717) is 18.5 Å². The average Bonchev–Trinajstić information content (AvgIpc) is 2.89. The van der Waals surface area contributed by atoms with Gasteiger partial charge in [0.05, 0.1) is 18.3 Å². The number of nitrogens with one attached hydrogen (secondary N) is 1. The van der Waals surface area contributed by atoms with Gasteiger partial charge in [0.25, 0.3) is 0 Å². The molecule has 2 aromatic rings. The molecule has 1 fully saturated rings. The van der Waals surface area contributed by atoms with Gasteiger partial charge >= 0.3 is 12.3 Å². The standard InChI is InChI=1S/C30H37F4N5O4/c1-18-5-10-25(40)39(15-18)16-21(35-28(42)43-29(2,3)4)14-26(41)38-12-11-22-23(17-38)36-24(37-27(22)30(32,33)34)13-19-6-8-20(31)9-7-19/h6-9,18,21H,5,10-17H2,1-4H3,(H,35,42)/t18-,21+/m1/s1. The Hall–Kier alpha value is -3.77. The Labute approximate surface area is 248 Å². The molecule has 1 N–H and O–H groups in total. The lowest BCUT2D eigenvalue weighted by molar-refractivity contribution is -0.142. The number of benzene rings is 1. The van der Waals surface area contributed by atoms with E-state index >= 15 is 0 Å². The second-order valence-electron chi connectivity index (χ2n) is 12.3. The summed E-state index contributed by atoms with van der Waals surface area (Å²) in [6, 6.07) is 4.54. The minimum Gasteiger partial charge on any atom is -0.444 e. The van der Waals surface area contributed by atoms with Gasteiger partial charge in [-0.1, -0.05) is 19.1 Å². The van der Waals surface area contributed by atoms with Crippen LogP contribution in [0.4, 0.5) is 22.4 Å². The number of aromatic nitrogens is 2. The number of nitrogens with zero attached hydrogens (tertiary/aromatic N) is 4. The van der Waals surface area contributed by atoms with Crippen molar-refractivity contribution < 1.29 is 36.7 Å². The highest BCUT2D eigenvalue weighted by Gasteiger charge is 2.39. The SMILES string of the molecule is C[C@@H]1CCC(=O)N(C[C@H](CC(=O)N2CCc3c(nc(Cc4ccc(F)cc4)nc3C(F)(F)F)C2)NC(=O)OC(C)(C)C)C1. The summed E-state index contributed by atoms with van der Waals surface area (Å²) in [5.41, 5.74) is -1.25. The van der Waals surface area contributed by atoms with Crippen molar-refractivity contribution >= 4 is 17.9 Å². The molecule has 1 aromatic carbocycles. The first-order chi connectivity index (χ1) is 20.1. The lowest BCUT2D eigenvalue weighted by Crippen LogP contribution is -2.51. The number of carbonyl (C=O) groups excluding carboxylic acids is 3. The smallest absolute Gasteiger partial charge is 0.433 e. The summed E-state index contributed by atoms with van der Waals surface area (Å²) < 4.78 is 60.7. The van der Waals surface area contributed by atoms with E-state index < -0.39 is 41.3 Å². The number of amides is 3. The molecule has 3 heterocycles. The monoisotopic (exact) mass is 607 g/mol. The number of piperidine rings is 1. The Morgan fingerprint density at radius 3 is 2.47 bits per heavy atom. The average molecular weight is 608 g/mol. The predicted molar refractivity (Wildman–Crippen MR) is 148 cm³/mol. The van der Waals surface area contributed by atoms with E-state index in [1.807, 2.05) is 6.92 Å². The molecule has 43 heavy (non-hydrogen) atoms. The van der Waals surface area contributed by atoms with E-state index in [-0.39, 0.29) is 67.8 Å². The van der Waals surface area contributed by atoms with E-state index in [2.05, 4.69) is 15.3 Å². The van der Waals surface area contributed by atoms with E-state index in [1.165, 1.54) is 29.2 Å². The third-order valence-corrected chi connectivity index (χ3v) is 7.33. The molecule has 0 bridgehead atoms. The van der Waals surface area contributed by atoms with Crippen molar-refractivity contribution in [1.82, 2.24) is 25.1 Å². The first-order valence-electron chi connectivity index (χ1n) is 14.3. The third-order valence-electron chi connectivity index (χ3n) is 7.33. The van der Waals surface area contributed by atoms with Gasteiger partial charge in [-0.15, -0.1) is 0 Å². The maximum atomic E-state index is 14.0. The van der Waals surface area contributed by atoms with Crippen LogP contribution in [0.15, 0.2) is 24.3 Å². The van der Waals surface area contributed by atoms with Gasteiger partial charge in [-0.3, -0.25) is 9.59 Å². The van der Waals surface area contributed by atoms with Gasteiger partial charge in [-0.2, -0.15) is 13.2 Å². The first-order valence-corrected chi connectivity index (χ1v) is 14.3. The molecule has 0 aliphatic carbocycles. The number of fused-ring (bicyclic) bond motifs is 1. The molecule has 234 valence electrons. The molecular formula is C30H37F4N5O4. The summed E-state index contributed by atoms with van der Waals surface area (Å²) in [4.78, 5) is 49.9. The van der Waals surface area contributed by atoms with Crippen molar-refractivity contribution in [3.63, 3.8) is 0 Å². The summed E-state index contributed by atoms with van der Waals surface area (Å²) in [7, 11) is 0. The number of alkyl halides is 3. The quantitative estimate of drug-likeness (QED) is 0.460. The van der Waals surface area contributed by atoms with Gasteiger partial charge in [0.1, 0.15) is 17.2 Å². The molecule has 1 aromatic heterocycles. The molecule has 0 radical (unpaired) electrons. The van der Waals surface area contributed by atoms with Crippen molar-refractivity contribution in [1.29, 1.82) is 0 Å². The Balaban J connectivity index is 1.53. The lowest BCUT2D eigenvalue weighted by atomic mass is 9.98. The van der Waals surface area contributed by atoms with Crippen LogP contribution in [-0.4, -0.2) is 69.0 Å². The van der Waals surface area contributed by atoms with Crippen molar-refractivity contribution in [2.45, 2.75) is 84.2 Å². The van der Waals surface area contributed by atoms with Gasteiger partial charge in [-0.05, 0) is 57.2 Å². The van der Waals surface area contributed by atoms with E-state index in [4.69, 9.17) is 4.74 Å². The van der Waals surface area contributed by atoms with E-state index in [1.54, 1.807) is 25.7 Å². The summed E-state index contributed by atoms with van der Waals surface area (Å²) in [5.74, 6) is -0.774. The molecule has 4 rings (SSSR count). The molecule has 2 aliphatic heterocycles. The Bertz CT molecular complexity index is 1340. The lowest BCUT2D eigenvalue weighted by Gasteiger charge is -2.35. The van der Waals surface area contributed by atoms with Crippen LogP contribution < -0.4 is 5.32 Å². The summed E-state index contributed by atoms with van der Waals surface area (Å²) >= 11 is 0. The van der Waals surface area contributed by atoms with Crippen molar-refractivity contribution in [3.05, 3.63) is 58.4 Å². The zero-order chi connectivity index (χ0) is 31.5. The number of rotatable bonds is 7. The number of alkyl carbamates (subject to hydrolysis) is 1. The molecule has 1 saturated heterocycles. The van der Waals surface area contributed by atoms with Crippen LogP contribution in [0, 0.1) is 11.7 Å². The first kappa shape index (κ1) is 32.2. The van der Waals surface area contributed by atoms with Gasteiger partial charge < -0.3 is 19.9 Å². The molecular weight excluding hydrogens is 570 g/mol. The molecule has 13 heteroatoms. The molecule has 9 nitrogen and oxygen atoms in total. The van der Waals surface area contributed by atoms with Crippen molar-refractivity contribution in [2.24, 2.45) is 5.92 Å². The fourth-order valence-corrected chi connectivity index (χ4v) is 5.31. The predicted octanol–water partition coefficient (Wildman–Crippen LogP) is 4.65. The van der Waals surface area contributed by atoms with Crippen LogP contribution in [0.2, 0.25) is 0 Å². The largest absolute Gasteiger partial charge is 0.444 e. The van der Waals surface area contributed by atoms with Crippen LogP contribution in [-0.2, 0) is 39.9 Å². The minimum atomic E-state index is -4.72. The summed E-state index contributed by atoms with van der Waals surface area (Å²) in [6.07, 6.45) is -4.66. The number of carbonyl (C=O) groups is 3. The van der Waals surface area contributed by atoms with Crippen molar-refractivity contribution in [2.75, 3.05) is 19.6 Å². The third kappa shape index (κ3) is 8.87. The summed E-state index contributed by atoms with van der Waals surface area (Å²) in [6.45, 7) is 7.56.